The van der Waals surface area contributed by atoms with Crippen molar-refractivity contribution >= 4 is 0 Å². The van der Waals surface area contributed by atoms with Gasteiger partial charge in [0.15, 0.2) is 0 Å². The van der Waals surface area contributed by atoms with E-state index < -0.39 is 0 Å². The molecule has 10 heavy (non-hydrogen) atoms. The zero-order valence-electron chi connectivity index (χ0n) is 6.80. The van der Waals surface area contributed by atoms with Crippen molar-refractivity contribution in [3.63, 3.8) is 0 Å². The Morgan fingerprint density at radius 3 is 2.60 bits per heavy atom. The van der Waals surface area contributed by atoms with Crippen LogP contribution in [0.1, 0.15) is 20.3 Å². The minimum absolute atomic E-state index is 0.240. The first-order chi connectivity index (χ1) is 4.62. The van der Waals surface area contributed by atoms with Gasteiger partial charge in [0.2, 0.25) is 0 Å². The highest BCUT2D eigenvalue weighted by atomic mass is 15.2. The van der Waals surface area contributed by atoms with Crippen molar-refractivity contribution in [3.05, 3.63) is 0 Å². The van der Waals surface area contributed by atoms with Gasteiger partial charge in [0, 0.05) is 24.7 Å². The molecule has 2 rings (SSSR count). The standard InChI is InChI=1S/C8H16N2/c1-6(2)10-4-7-3-8(7,9)5-10/h6-7H,3-5,9H2,1-2H3. The largest absolute Gasteiger partial charge is 0.324 e. The molecule has 1 aliphatic carbocycles. The highest BCUT2D eigenvalue weighted by molar-refractivity contribution is 5.15. The zero-order valence-corrected chi connectivity index (χ0v) is 6.80. The zero-order chi connectivity index (χ0) is 7.35. The molecule has 1 aliphatic heterocycles. The average molecular weight is 140 g/mol. The van der Waals surface area contributed by atoms with Crippen LogP contribution in [-0.4, -0.2) is 29.6 Å². The molecular formula is C8H16N2. The van der Waals surface area contributed by atoms with Gasteiger partial charge in [0.25, 0.3) is 0 Å². The van der Waals surface area contributed by atoms with Crippen LogP contribution in [0.5, 0.6) is 0 Å². The number of fused-ring (bicyclic) bond motifs is 1. The smallest absolute Gasteiger partial charge is 0.0328 e. The lowest BCUT2D eigenvalue weighted by atomic mass is 10.3. The third-order valence-corrected chi connectivity index (χ3v) is 2.96. The van der Waals surface area contributed by atoms with Crippen LogP contribution >= 0.6 is 0 Å². The lowest BCUT2D eigenvalue weighted by Crippen LogP contribution is -2.36. The van der Waals surface area contributed by atoms with Crippen LogP contribution in [0.25, 0.3) is 0 Å². The molecule has 2 aliphatic rings. The molecule has 0 aromatic heterocycles. The summed E-state index contributed by atoms with van der Waals surface area (Å²) in [6.45, 7) is 6.87. The summed E-state index contributed by atoms with van der Waals surface area (Å²) in [5, 5.41) is 0. The Bertz CT molecular complexity index is 155. The molecule has 58 valence electrons. The van der Waals surface area contributed by atoms with Crippen LogP contribution in [-0.2, 0) is 0 Å². The molecule has 0 aromatic rings. The van der Waals surface area contributed by atoms with Gasteiger partial charge in [-0.15, -0.1) is 0 Å². The van der Waals surface area contributed by atoms with Gasteiger partial charge >= 0.3 is 0 Å². The lowest BCUT2D eigenvalue weighted by molar-refractivity contribution is 0.243. The topological polar surface area (TPSA) is 29.3 Å². The SMILES string of the molecule is CC(C)N1CC2CC2(N)C1. The average Bonchev–Trinajstić information content (AvgIpc) is 2.32. The van der Waals surface area contributed by atoms with Crippen LogP contribution in [0.3, 0.4) is 0 Å². The second-order valence-corrected chi connectivity index (χ2v) is 4.16. The molecule has 0 spiro atoms. The van der Waals surface area contributed by atoms with Crippen LogP contribution in [0.15, 0.2) is 0 Å². The van der Waals surface area contributed by atoms with Crippen LogP contribution in [0.4, 0.5) is 0 Å². The number of piperidine rings is 1. The molecule has 2 heteroatoms. The summed E-state index contributed by atoms with van der Waals surface area (Å²) in [6.07, 6.45) is 1.27. The fraction of sp³-hybridized carbons (Fsp3) is 1.00. The second kappa shape index (κ2) is 1.74. The molecule has 1 heterocycles. The quantitative estimate of drug-likeness (QED) is 0.572. The third-order valence-electron chi connectivity index (χ3n) is 2.96. The summed E-state index contributed by atoms with van der Waals surface area (Å²) in [4.78, 5) is 2.48. The van der Waals surface area contributed by atoms with E-state index in [1.807, 2.05) is 0 Å². The maximum Gasteiger partial charge on any atom is 0.0328 e. The Kier molecular flexibility index (Phi) is 1.15. The molecule has 2 fully saturated rings. The van der Waals surface area contributed by atoms with Crippen molar-refractivity contribution in [2.24, 2.45) is 11.7 Å². The second-order valence-electron chi connectivity index (χ2n) is 4.16. The minimum Gasteiger partial charge on any atom is -0.324 e. The number of likely N-dealkylation sites (tertiary alicyclic amines) is 1. The molecular weight excluding hydrogens is 124 g/mol. The van der Waals surface area contributed by atoms with E-state index in [0.29, 0.717) is 6.04 Å². The molecule has 0 amide bonds. The van der Waals surface area contributed by atoms with E-state index >= 15 is 0 Å². The molecule has 0 radical (unpaired) electrons. The fourth-order valence-corrected chi connectivity index (χ4v) is 1.96. The maximum atomic E-state index is 6.04. The maximum absolute atomic E-state index is 6.04. The predicted molar refractivity (Wildman–Crippen MR) is 41.7 cm³/mol. The number of hydrogen-bond donors (Lipinski definition) is 1. The molecule has 2 N–H and O–H groups in total. The van der Waals surface area contributed by atoms with Crippen LogP contribution in [0.2, 0.25) is 0 Å². The summed E-state index contributed by atoms with van der Waals surface area (Å²) in [6, 6.07) is 0.688. The van der Waals surface area contributed by atoms with Crippen molar-refractivity contribution < 1.29 is 0 Å². The van der Waals surface area contributed by atoms with E-state index in [1.165, 1.54) is 13.0 Å². The Hall–Kier alpha value is -0.0800. The van der Waals surface area contributed by atoms with Crippen LogP contribution < -0.4 is 5.73 Å². The molecule has 0 bridgehead atoms. The van der Waals surface area contributed by atoms with Crippen molar-refractivity contribution in [2.75, 3.05) is 13.1 Å². The summed E-state index contributed by atoms with van der Waals surface area (Å²) in [7, 11) is 0. The Labute approximate surface area is 62.4 Å². The van der Waals surface area contributed by atoms with Gasteiger partial charge in [-0.2, -0.15) is 0 Å². The van der Waals surface area contributed by atoms with Crippen molar-refractivity contribution in [2.45, 2.75) is 31.8 Å². The van der Waals surface area contributed by atoms with E-state index in [9.17, 15) is 0 Å². The molecule has 1 saturated heterocycles. The monoisotopic (exact) mass is 140 g/mol. The molecule has 0 aromatic carbocycles. The highest BCUT2D eigenvalue weighted by Gasteiger charge is 2.57. The van der Waals surface area contributed by atoms with E-state index in [1.54, 1.807) is 0 Å². The minimum atomic E-state index is 0.240. The number of nitrogens with two attached hydrogens (primary N) is 1. The van der Waals surface area contributed by atoms with Gasteiger partial charge in [-0.1, -0.05) is 0 Å². The van der Waals surface area contributed by atoms with Gasteiger partial charge in [0.1, 0.15) is 0 Å². The Morgan fingerprint density at radius 2 is 2.30 bits per heavy atom. The highest BCUT2D eigenvalue weighted by Crippen LogP contribution is 2.47. The number of nitrogens with zero attached hydrogens (tertiary/aromatic N) is 1. The van der Waals surface area contributed by atoms with Crippen molar-refractivity contribution in [3.8, 4) is 0 Å². The van der Waals surface area contributed by atoms with E-state index in [4.69, 9.17) is 5.73 Å². The lowest BCUT2D eigenvalue weighted by Gasteiger charge is -2.22. The summed E-state index contributed by atoms with van der Waals surface area (Å²) in [5.41, 5.74) is 6.28. The number of rotatable bonds is 1. The first kappa shape index (κ1) is 6.62. The molecule has 2 nitrogen and oxygen atoms in total. The van der Waals surface area contributed by atoms with E-state index in [2.05, 4.69) is 18.7 Å². The van der Waals surface area contributed by atoms with Gasteiger partial charge in [0.05, 0.1) is 0 Å². The van der Waals surface area contributed by atoms with Crippen LogP contribution in [0, 0.1) is 5.92 Å². The normalized spacial score (nSPS) is 46.2. The summed E-state index contributed by atoms with van der Waals surface area (Å²) in [5.74, 6) is 0.829. The fourth-order valence-electron chi connectivity index (χ4n) is 1.96. The van der Waals surface area contributed by atoms with Gasteiger partial charge < -0.3 is 5.73 Å². The summed E-state index contributed by atoms with van der Waals surface area (Å²) < 4.78 is 0. The van der Waals surface area contributed by atoms with E-state index in [0.717, 1.165) is 12.5 Å². The Morgan fingerprint density at radius 1 is 1.60 bits per heavy atom. The molecule has 2 unspecified atom stereocenters. The third kappa shape index (κ3) is 0.789. The van der Waals surface area contributed by atoms with Gasteiger partial charge in [-0.05, 0) is 26.2 Å². The first-order valence-electron chi connectivity index (χ1n) is 4.15. The van der Waals surface area contributed by atoms with Crippen molar-refractivity contribution in [1.29, 1.82) is 0 Å². The van der Waals surface area contributed by atoms with E-state index in [-0.39, 0.29) is 5.54 Å². The molecule has 2 atom stereocenters. The molecule has 1 saturated carbocycles. The van der Waals surface area contributed by atoms with Gasteiger partial charge in [-0.25, -0.2) is 0 Å². The Balaban J connectivity index is 1.97. The number of hydrogen-bond acceptors (Lipinski definition) is 2. The van der Waals surface area contributed by atoms with Gasteiger partial charge in [-0.3, -0.25) is 4.90 Å². The first-order valence-corrected chi connectivity index (χ1v) is 4.15. The van der Waals surface area contributed by atoms with Crippen molar-refractivity contribution in [1.82, 2.24) is 4.90 Å². The summed E-state index contributed by atoms with van der Waals surface area (Å²) >= 11 is 0. The predicted octanol–water partition coefficient (Wildman–Crippen LogP) is 0.428.